The van der Waals surface area contributed by atoms with Gasteiger partial charge in [-0.3, -0.25) is 14.9 Å². The maximum atomic E-state index is 11.8. The molecule has 1 amide bonds. The number of hydrogen-bond acceptors (Lipinski definition) is 6. The van der Waals surface area contributed by atoms with Crippen molar-refractivity contribution < 1.29 is 19.1 Å². The van der Waals surface area contributed by atoms with Crippen LogP contribution >= 0.6 is 22.9 Å². The molecule has 0 spiro atoms. The van der Waals surface area contributed by atoms with Gasteiger partial charge in [-0.2, -0.15) is 0 Å². The number of thiazole rings is 1. The van der Waals surface area contributed by atoms with Gasteiger partial charge in [0.25, 0.3) is 5.91 Å². The summed E-state index contributed by atoms with van der Waals surface area (Å²) in [6.45, 7) is 1.91. The third-order valence-corrected chi connectivity index (χ3v) is 3.64. The molecule has 0 atom stereocenters. The summed E-state index contributed by atoms with van der Waals surface area (Å²) in [6.07, 6.45) is 0.0826. The minimum absolute atomic E-state index is 0.0826. The van der Waals surface area contributed by atoms with Crippen molar-refractivity contribution in [2.24, 2.45) is 0 Å². The second kappa shape index (κ2) is 8.50. The van der Waals surface area contributed by atoms with Crippen molar-refractivity contribution in [1.82, 2.24) is 4.98 Å². The lowest BCUT2D eigenvalue weighted by Crippen LogP contribution is -2.20. The van der Waals surface area contributed by atoms with Gasteiger partial charge in [-0.25, -0.2) is 4.98 Å². The Morgan fingerprint density at radius 2 is 2.22 bits per heavy atom. The average molecular weight is 355 g/mol. The molecule has 8 heteroatoms. The van der Waals surface area contributed by atoms with Gasteiger partial charge in [0.05, 0.1) is 18.7 Å². The fraction of sp³-hybridized carbons (Fsp3) is 0.267. The van der Waals surface area contributed by atoms with Crippen molar-refractivity contribution in [2.45, 2.75) is 13.3 Å². The molecule has 2 aromatic rings. The molecule has 0 radical (unpaired) electrons. The number of hydrogen-bond donors (Lipinski definition) is 1. The van der Waals surface area contributed by atoms with E-state index in [-0.39, 0.29) is 24.9 Å². The van der Waals surface area contributed by atoms with E-state index in [0.717, 1.165) is 0 Å². The first-order valence-corrected chi connectivity index (χ1v) is 8.11. The molecule has 0 bridgehead atoms. The molecule has 0 aliphatic carbocycles. The van der Waals surface area contributed by atoms with Gasteiger partial charge in [-0.15, -0.1) is 11.3 Å². The highest BCUT2D eigenvalue weighted by Crippen LogP contribution is 2.18. The third-order valence-electron chi connectivity index (χ3n) is 2.59. The van der Waals surface area contributed by atoms with E-state index in [1.54, 1.807) is 36.6 Å². The van der Waals surface area contributed by atoms with Crippen LogP contribution in [-0.2, 0) is 20.7 Å². The van der Waals surface area contributed by atoms with Gasteiger partial charge in [-0.1, -0.05) is 17.7 Å². The SMILES string of the molecule is CCOC(=O)Cc1csc(NC(=O)COc2cccc(Cl)c2)n1. The monoisotopic (exact) mass is 354 g/mol. The average Bonchev–Trinajstić information content (AvgIpc) is 2.92. The number of benzene rings is 1. The van der Waals surface area contributed by atoms with Crippen LogP contribution in [0.2, 0.25) is 5.02 Å². The summed E-state index contributed by atoms with van der Waals surface area (Å²) < 4.78 is 10.2. The van der Waals surface area contributed by atoms with Crippen molar-refractivity contribution in [3.8, 4) is 5.75 Å². The molecule has 1 heterocycles. The molecule has 0 unspecified atom stereocenters. The minimum Gasteiger partial charge on any atom is -0.484 e. The lowest BCUT2D eigenvalue weighted by atomic mass is 10.3. The number of anilines is 1. The molecule has 0 aliphatic rings. The number of rotatable bonds is 7. The summed E-state index contributed by atoms with van der Waals surface area (Å²) >= 11 is 7.06. The number of nitrogens with zero attached hydrogens (tertiary/aromatic N) is 1. The van der Waals surface area contributed by atoms with E-state index in [1.165, 1.54) is 11.3 Å². The Morgan fingerprint density at radius 1 is 1.39 bits per heavy atom. The van der Waals surface area contributed by atoms with E-state index in [9.17, 15) is 9.59 Å². The minimum atomic E-state index is -0.347. The second-order valence-electron chi connectivity index (χ2n) is 4.42. The summed E-state index contributed by atoms with van der Waals surface area (Å²) in [6, 6.07) is 6.78. The second-order valence-corrected chi connectivity index (χ2v) is 5.71. The first kappa shape index (κ1) is 17.2. The van der Waals surface area contributed by atoms with Crippen molar-refractivity contribution in [3.63, 3.8) is 0 Å². The van der Waals surface area contributed by atoms with Crippen LogP contribution in [0.15, 0.2) is 29.6 Å². The van der Waals surface area contributed by atoms with Crippen molar-refractivity contribution in [1.29, 1.82) is 0 Å². The molecule has 0 saturated heterocycles. The number of nitrogens with one attached hydrogen (secondary N) is 1. The zero-order chi connectivity index (χ0) is 16.7. The molecule has 6 nitrogen and oxygen atoms in total. The number of aromatic nitrogens is 1. The van der Waals surface area contributed by atoms with Crippen molar-refractivity contribution in [3.05, 3.63) is 40.4 Å². The van der Waals surface area contributed by atoms with Crippen LogP contribution in [0.1, 0.15) is 12.6 Å². The van der Waals surface area contributed by atoms with Gasteiger partial charge in [-0.05, 0) is 25.1 Å². The first-order valence-electron chi connectivity index (χ1n) is 6.85. The molecule has 0 fully saturated rings. The fourth-order valence-electron chi connectivity index (χ4n) is 1.67. The Labute approximate surface area is 142 Å². The lowest BCUT2D eigenvalue weighted by Gasteiger charge is -2.05. The zero-order valence-corrected chi connectivity index (χ0v) is 13.9. The number of esters is 1. The number of carbonyl (C=O) groups excluding carboxylic acids is 2. The van der Waals surface area contributed by atoms with Crippen LogP contribution in [0.5, 0.6) is 5.75 Å². The van der Waals surface area contributed by atoms with Crippen LogP contribution in [0.4, 0.5) is 5.13 Å². The number of ether oxygens (including phenoxy) is 2. The molecule has 1 N–H and O–H groups in total. The topological polar surface area (TPSA) is 77.5 Å². The van der Waals surface area contributed by atoms with Crippen LogP contribution in [0.25, 0.3) is 0 Å². The zero-order valence-electron chi connectivity index (χ0n) is 12.4. The molecule has 2 rings (SSSR count). The molecule has 1 aromatic heterocycles. The summed E-state index contributed by atoms with van der Waals surface area (Å²) in [4.78, 5) is 27.3. The number of amides is 1. The van der Waals surface area contributed by atoms with Crippen LogP contribution in [0.3, 0.4) is 0 Å². The Kier molecular flexibility index (Phi) is 6.37. The standard InChI is InChI=1S/C15H15ClN2O4S/c1-2-21-14(20)7-11-9-23-15(17-11)18-13(19)8-22-12-5-3-4-10(16)6-12/h3-6,9H,2,7-8H2,1H3,(H,17,18,19). The summed E-state index contributed by atoms with van der Waals surface area (Å²) in [7, 11) is 0. The Hall–Kier alpha value is -2.12. The summed E-state index contributed by atoms with van der Waals surface area (Å²) in [5, 5.41) is 5.25. The summed E-state index contributed by atoms with van der Waals surface area (Å²) in [5.41, 5.74) is 0.555. The number of halogens is 1. The van der Waals surface area contributed by atoms with Gasteiger partial charge in [0.15, 0.2) is 11.7 Å². The lowest BCUT2D eigenvalue weighted by molar-refractivity contribution is -0.142. The highest BCUT2D eigenvalue weighted by atomic mass is 35.5. The summed E-state index contributed by atoms with van der Waals surface area (Å²) in [5.74, 6) is -0.184. The van der Waals surface area contributed by atoms with Crippen LogP contribution in [-0.4, -0.2) is 30.1 Å². The van der Waals surface area contributed by atoms with Crippen molar-refractivity contribution >= 4 is 39.9 Å². The Bertz CT molecular complexity index is 690. The third kappa shape index (κ3) is 5.88. The largest absolute Gasteiger partial charge is 0.484 e. The Balaban J connectivity index is 1.81. The molecule has 0 aliphatic heterocycles. The smallest absolute Gasteiger partial charge is 0.311 e. The molecule has 1 aromatic carbocycles. The molecule has 0 saturated carbocycles. The Morgan fingerprint density at radius 3 is 2.96 bits per heavy atom. The fourth-order valence-corrected chi connectivity index (χ4v) is 2.57. The molecular formula is C15H15ClN2O4S. The number of carbonyl (C=O) groups is 2. The van der Waals surface area contributed by atoms with Gasteiger partial charge in [0, 0.05) is 10.4 Å². The maximum Gasteiger partial charge on any atom is 0.311 e. The van der Waals surface area contributed by atoms with E-state index in [1.807, 2.05) is 0 Å². The van der Waals surface area contributed by atoms with E-state index >= 15 is 0 Å². The predicted molar refractivity (Wildman–Crippen MR) is 88.0 cm³/mol. The van der Waals surface area contributed by atoms with E-state index in [4.69, 9.17) is 21.1 Å². The van der Waals surface area contributed by atoms with Gasteiger partial charge in [0.2, 0.25) is 0 Å². The van der Waals surface area contributed by atoms with E-state index in [0.29, 0.717) is 28.2 Å². The maximum absolute atomic E-state index is 11.8. The molecular weight excluding hydrogens is 340 g/mol. The van der Waals surface area contributed by atoms with Gasteiger partial charge in [0.1, 0.15) is 5.75 Å². The highest BCUT2D eigenvalue weighted by molar-refractivity contribution is 7.13. The van der Waals surface area contributed by atoms with Gasteiger partial charge < -0.3 is 9.47 Å². The molecule has 23 heavy (non-hydrogen) atoms. The normalized spacial score (nSPS) is 10.2. The highest BCUT2D eigenvalue weighted by Gasteiger charge is 2.11. The first-order chi connectivity index (χ1) is 11.1. The quantitative estimate of drug-likeness (QED) is 0.773. The van der Waals surface area contributed by atoms with Crippen molar-refractivity contribution in [2.75, 3.05) is 18.5 Å². The van der Waals surface area contributed by atoms with Crippen LogP contribution in [0, 0.1) is 0 Å². The van der Waals surface area contributed by atoms with Crippen LogP contribution < -0.4 is 10.1 Å². The van der Waals surface area contributed by atoms with Gasteiger partial charge >= 0.3 is 5.97 Å². The molecule has 122 valence electrons. The van der Waals surface area contributed by atoms with E-state index < -0.39 is 0 Å². The predicted octanol–water partition coefficient (Wildman–Crippen LogP) is 2.92. The van der Waals surface area contributed by atoms with E-state index in [2.05, 4.69) is 10.3 Å².